The van der Waals surface area contributed by atoms with Gasteiger partial charge in [0.1, 0.15) is 5.82 Å². The molecular weight excluding hydrogens is 272 g/mol. The lowest BCUT2D eigenvalue weighted by molar-refractivity contribution is 0.599. The zero-order valence-electron chi connectivity index (χ0n) is 10.2. The summed E-state index contributed by atoms with van der Waals surface area (Å²) >= 11 is 1.33. The number of rotatable bonds is 3. The van der Waals surface area contributed by atoms with Crippen LogP contribution in [0.15, 0.2) is 5.16 Å². The average molecular weight is 286 g/mol. The minimum Gasteiger partial charge on any atom is -0.309 e. The van der Waals surface area contributed by atoms with Crippen molar-refractivity contribution in [2.45, 2.75) is 29.7 Å². The predicted octanol–water partition coefficient (Wildman–Crippen LogP) is 0.721. The van der Waals surface area contributed by atoms with E-state index in [1.54, 1.807) is 11.5 Å². The van der Waals surface area contributed by atoms with Crippen molar-refractivity contribution in [3.63, 3.8) is 0 Å². The lowest BCUT2D eigenvalue weighted by Crippen LogP contribution is -2.09. The highest BCUT2D eigenvalue weighted by Gasteiger charge is 2.32. The van der Waals surface area contributed by atoms with Crippen LogP contribution >= 0.6 is 11.8 Å². The minimum absolute atomic E-state index is 0.0701. The molecule has 1 aliphatic heterocycles. The van der Waals surface area contributed by atoms with Crippen LogP contribution < -0.4 is 0 Å². The number of aromatic nitrogens is 3. The van der Waals surface area contributed by atoms with Crippen LogP contribution in [-0.4, -0.2) is 39.9 Å². The fourth-order valence-corrected chi connectivity index (χ4v) is 4.42. The molecule has 0 spiro atoms. The van der Waals surface area contributed by atoms with E-state index in [0.717, 1.165) is 0 Å². The number of sulfone groups is 1. The molecule has 0 radical (unpaired) electrons. The third-order valence-electron chi connectivity index (χ3n) is 2.93. The number of nitriles is 1. The van der Waals surface area contributed by atoms with Gasteiger partial charge >= 0.3 is 0 Å². The highest BCUT2D eigenvalue weighted by Crippen LogP contribution is 2.30. The molecular formula is C10H14N4O2S2. The second kappa shape index (κ2) is 4.90. The minimum atomic E-state index is -2.92. The van der Waals surface area contributed by atoms with Gasteiger partial charge in [0.15, 0.2) is 15.0 Å². The van der Waals surface area contributed by atoms with E-state index in [1.807, 2.05) is 7.05 Å². The second-order valence-electron chi connectivity index (χ2n) is 4.39. The lowest BCUT2D eigenvalue weighted by Gasteiger charge is -2.08. The highest BCUT2D eigenvalue weighted by atomic mass is 32.2. The summed E-state index contributed by atoms with van der Waals surface area (Å²) in [5, 5.41) is 17.3. The topological polar surface area (TPSA) is 88.6 Å². The first-order chi connectivity index (χ1) is 8.43. The largest absolute Gasteiger partial charge is 0.309 e. The quantitative estimate of drug-likeness (QED) is 0.761. The Kier molecular flexibility index (Phi) is 3.64. The molecule has 0 amide bonds. The standard InChI is InChI=1S/C10H14N4O2S2/c1-7(5-11)17-10-13-12-9(14(10)2)8-3-4-18(15,16)6-8/h7-8H,3-4,6H2,1-2H3/t7-,8-/m1/s1. The molecule has 1 aromatic heterocycles. The third-order valence-corrected chi connectivity index (χ3v) is 5.72. The van der Waals surface area contributed by atoms with E-state index in [0.29, 0.717) is 17.4 Å². The van der Waals surface area contributed by atoms with Crippen LogP contribution in [0.4, 0.5) is 0 Å². The monoisotopic (exact) mass is 286 g/mol. The number of thioether (sulfide) groups is 1. The molecule has 98 valence electrons. The molecule has 2 rings (SSSR count). The van der Waals surface area contributed by atoms with Crippen LogP contribution in [0.1, 0.15) is 25.1 Å². The molecule has 0 bridgehead atoms. The van der Waals surface area contributed by atoms with Gasteiger partial charge in [-0.3, -0.25) is 0 Å². The van der Waals surface area contributed by atoms with Gasteiger partial charge in [-0.15, -0.1) is 10.2 Å². The first-order valence-electron chi connectivity index (χ1n) is 5.59. The van der Waals surface area contributed by atoms with E-state index in [1.165, 1.54) is 11.8 Å². The van der Waals surface area contributed by atoms with E-state index in [9.17, 15) is 8.42 Å². The second-order valence-corrected chi connectivity index (χ2v) is 7.93. The summed E-state index contributed by atoms with van der Waals surface area (Å²) in [7, 11) is -1.11. The normalized spacial score (nSPS) is 23.7. The van der Waals surface area contributed by atoms with Gasteiger partial charge < -0.3 is 4.57 Å². The average Bonchev–Trinajstić information content (AvgIpc) is 2.83. The molecule has 1 saturated heterocycles. The Labute approximate surface area is 110 Å². The lowest BCUT2D eigenvalue weighted by atomic mass is 10.1. The van der Waals surface area contributed by atoms with Crippen molar-refractivity contribution in [3.8, 4) is 6.07 Å². The van der Waals surface area contributed by atoms with Crippen molar-refractivity contribution in [2.75, 3.05) is 11.5 Å². The highest BCUT2D eigenvalue weighted by molar-refractivity contribution is 8.00. The Bertz CT molecular complexity index is 588. The van der Waals surface area contributed by atoms with Crippen molar-refractivity contribution < 1.29 is 8.42 Å². The molecule has 1 aromatic rings. The number of hydrogen-bond donors (Lipinski definition) is 0. The molecule has 8 heteroatoms. The van der Waals surface area contributed by atoms with E-state index in [-0.39, 0.29) is 22.7 Å². The molecule has 0 aromatic carbocycles. The molecule has 0 aliphatic carbocycles. The van der Waals surface area contributed by atoms with Crippen molar-refractivity contribution in [3.05, 3.63) is 5.82 Å². The summed E-state index contributed by atoms with van der Waals surface area (Å²) < 4.78 is 24.7. The third kappa shape index (κ3) is 2.67. The van der Waals surface area contributed by atoms with Crippen LogP contribution in [0.25, 0.3) is 0 Å². The van der Waals surface area contributed by atoms with Crippen molar-refractivity contribution in [1.82, 2.24) is 14.8 Å². The van der Waals surface area contributed by atoms with Crippen LogP contribution in [0.5, 0.6) is 0 Å². The molecule has 1 fully saturated rings. The molecule has 2 heterocycles. The van der Waals surface area contributed by atoms with Crippen LogP contribution in [0.2, 0.25) is 0 Å². The van der Waals surface area contributed by atoms with Gasteiger partial charge in [0, 0.05) is 13.0 Å². The van der Waals surface area contributed by atoms with E-state index < -0.39 is 9.84 Å². The maximum atomic E-state index is 11.5. The number of nitrogens with zero attached hydrogens (tertiary/aromatic N) is 4. The molecule has 0 unspecified atom stereocenters. The van der Waals surface area contributed by atoms with E-state index >= 15 is 0 Å². The maximum Gasteiger partial charge on any atom is 0.192 e. The summed E-state index contributed by atoms with van der Waals surface area (Å²) in [5.41, 5.74) is 0. The van der Waals surface area contributed by atoms with Crippen molar-refractivity contribution in [1.29, 1.82) is 5.26 Å². The van der Waals surface area contributed by atoms with Gasteiger partial charge in [0.25, 0.3) is 0 Å². The maximum absolute atomic E-state index is 11.5. The predicted molar refractivity (Wildman–Crippen MR) is 67.9 cm³/mol. The smallest absolute Gasteiger partial charge is 0.192 e. The van der Waals surface area contributed by atoms with E-state index in [4.69, 9.17) is 5.26 Å². The Balaban J connectivity index is 2.19. The van der Waals surface area contributed by atoms with Gasteiger partial charge in [-0.25, -0.2) is 8.42 Å². The van der Waals surface area contributed by atoms with E-state index in [2.05, 4.69) is 16.3 Å². The molecule has 6 nitrogen and oxygen atoms in total. The van der Waals surface area contributed by atoms with Crippen LogP contribution in [0.3, 0.4) is 0 Å². The summed E-state index contributed by atoms with van der Waals surface area (Å²) in [6.07, 6.45) is 0.604. The first kappa shape index (κ1) is 13.4. The van der Waals surface area contributed by atoms with Gasteiger partial charge in [-0.05, 0) is 13.3 Å². The summed E-state index contributed by atoms with van der Waals surface area (Å²) in [6, 6.07) is 2.12. The Morgan fingerprint density at radius 2 is 2.28 bits per heavy atom. The van der Waals surface area contributed by atoms with Crippen molar-refractivity contribution in [2.24, 2.45) is 7.05 Å². The summed E-state index contributed by atoms with van der Waals surface area (Å²) in [6.45, 7) is 1.79. The molecule has 1 aliphatic rings. The SMILES string of the molecule is C[C@H](C#N)Sc1nnc([C@@H]2CCS(=O)(=O)C2)n1C. The van der Waals surface area contributed by atoms with Gasteiger partial charge in [0.2, 0.25) is 0 Å². The molecule has 0 saturated carbocycles. The van der Waals surface area contributed by atoms with Gasteiger partial charge in [0.05, 0.1) is 22.8 Å². The fraction of sp³-hybridized carbons (Fsp3) is 0.700. The zero-order chi connectivity index (χ0) is 13.3. The van der Waals surface area contributed by atoms with Gasteiger partial charge in [-0.1, -0.05) is 11.8 Å². The first-order valence-corrected chi connectivity index (χ1v) is 8.29. The Morgan fingerprint density at radius 1 is 1.56 bits per heavy atom. The number of hydrogen-bond acceptors (Lipinski definition) is 6. The molecule has 18 heavy (non-hydrogen) atoms. The summed E-state index contributed by atoms with van der Waals surface area (Å²) in [5.74, 6) is 1.00. The fourth-order valence-electron chi connectivity index (χ4n) is 1.97. The molecule has 0 N–H and O–H groups in total. The Hall–Kier alpha value is -1.07. The van der Waals surface area contributed by atoms with Crippen molar-refractivity contribution >= 4 is 21.6 Å². The molecule has 2 atom stereocenters. The summed E-state index contributed by atoms with van der Waals surface area (Å²) in [4.78, 5) is 0. The Morgan fingerprint density at radius 3 is 2.83 bits per heavy atom. The van der Waals surface area contributed by atoms with Crippen LogP contribution in [-0.2, 0) is 16.9 Å². The zero-order valence-corrected chi connectivity index (χ0v) is 11.8. The van der Waals surface area contributed by atoms with Crippen LogP contribution in [0, 0.1) is 11.3 Å². The van der Waals surface area contributed by atoms with Gasteiger partial charge in [-0.2, -0.15) is 5.26 Å².